The maximum atomic E-state index is 12.7. The molecule has 0 saturated heterocycles. The van der Waals surface area contributed by atoms with Crippen LogP contribution < -0.4 is 5.32 Å². The summed E-state index contributed by atoms with van der Waals surface area (Å²) in [7, 11) is 0. The van der Waals surface area contributed by atoms with Crippen molar-refractivity contribution in [1.29, 1.82) is 0 Å². The van der Waals surface area contributed by atoms with Gasteiger partial charge >= 0.3 is 0 Å². The zero-order chi connectivity index (χ0) is 17.1. The van der Waals surface area contributed by atoms with Gasteiger partial charge in [-0.2, -0.15) is 0 Å². The van der Waals surface area contributed by atoms with E-state index in [9.17, 15) is 9.59 Å². The molecule has 24 heavy (non-hydrogen) atoms. The van der Waals surface area contributed by atoms with E-state index in [0.29, 0.717) is 29.2 Å². The standard InChI is InChI=1S/C19H19ClN2O2/c1-2-5-17(18(23)21-15-10-8-14(20)9-11-15)22-12-13-6-3-4-7-16(13)19(22)24/h3-4,6-11,17H,2,5,12H2,1H3,(H,21,23)/t17-/m1/s1. The first-order valence-corrected chi connectivity index (χ1v) is 8.43. The van der Waals surface area contributed by atoms with Crippen molar-refractivity contribution in [2.75, 3.05) is 5.32 Å². The van der Waals surface area contributed by atoms with Crippen LogP contribution in [0.4, 0.5) is 5.69 Å². The minimum absolute atomic E-state index is 0.0738. The molecule has 124 valence electrons. The van der Waals surface area contributed by atoms with Crippen LogP contribution in [0.2, 0.25) is 5.02 Å². The smallest absolute Gasteiger partial charge is 0.255 e. The number of hydrogen-bond acceptors (Lipinski definition) is 2. The molecular weight excluding hydrogens is 324 g/mol. The summed E-state index contributed by atoms with van der Waals surface area (Å²) in [6, 6.07) is 14.0. The van der Waals surface area contributed by atoms with Crippen molar-refractivity contribution in [3.63, 3.8) is 0 Å². The molecule has 2 aromatic rings. The number of nitrogens with zero attached hydrogens (tertiary/aromatic N) is 1. The number of nitrogens with one attached hydrogen (secondary N) is 1. The Kier molecular flexibility index (Phi) is 4.86. The van der Waals surface area contributed by atoms with Crippen LogP contribution in [0.5, 0.6) is 0 Å². The quantitative estimate of drug-likeness (QED) is 0.889. The molecule has 4 nitrogen and oxygen atoms in total. The van der Waals surface area contributed by atoms with E-state index in [1.807, 2.05) is 31.2 Å². The number of amides is 2. The number of halogens is 1. The summed E-state index contributed by atoms with van der Waals surface area (Å²) in [5.41, 5.74) is 2.34. The second-order valence-corrected chi connectivity index (χ2v) is 6.33. The molecule has 1 heterocycles. The Morgan fingerprint density at radius 3 is 2.58 bits per heavy atom. The van der Waals surface area contributed by atoms with Crippen LogP contribution in [0.1, 0.15) is 35.7 Å². The second-order valence-electron chi connectivity index (χ2n) is 5.89. The number of carbonyl (C=O) groups excluding carboxylic acids is 2. The molecule has 2 amide bonds. The highest BCUT2D eigenvalue weighted by atomic mass is 35.5. The summed E-state index contributed by atoms with van der Waals surface area (Å²) in [5.74, 6) is -0.240. The first kappa shape index (κ1) is 16.5. The predicted molar refractivity (Wildman–Crippen MR) is 95.1 cm³/mol. The molecule has 3 rings (SSSR count). The molecule has 0 unspecified atom stereocenters. The van der Waals surface area contributed by atoms with Crippen LogP contribution >= 0.6 is 11.6 Å². The van der Waals surface area contributed by atoms with Crippen molar-refractivity contribution in [3.8, 4) is 0 Å². The van der Waals surface area contributed by atoms with Gasteiger partial charge in [0.2, 0.25) is 5.91 Å². The third-order valence-electron chi connectivity index (χ3n) is 4.20. The Balaban J connectivity index is 1.79. The van der Waals surface area contributed by atoms with E-state index in [2.05, 4.69) is 5.32 Å². The van der Waals surface area contributed by atoms with E-state index < -0.39 is 6.04 Å². The maximum Gasteiger partial charge on any atom is 0.255 e. The highest BCUT2D eigenvalue weighted by Crippen LogP contribution is 2.26. The molecule has 1 aliphatic rings. The molecule has 0 spiro atoms. The van der Waals surface area contributed by atoms with E-state index in [0.717, 1.165) is 12.0 Å². The van der Waals surface area contributed by atoms with Gasteiger partial charge in [0.05, 0.1) is 0 Å². The van der Waals surface area contributed by atoms with Gasteiger partial charge in [-0.3, -0.25) is 9.59 Å². The average molecular weight is 343 g/mol. The lowest BCUT2D eigenvalue weighted by atomic mass is 10.1. The van der Waals surface area contributed by atoms with Crippen LogP contribution in [-0.4, -0.2) is 22.8 Å². The van der Waals surface area contributed by atoms with E-state index in [4.69, 9.17) is 11.6 Å². The Bertz CT molecular complexity index is 758. The third kappa shape index (κ3) is 3.29. The fourth-order valence-electron chi connectivity index (χ4n) is 2.99. The Labute approximate surface area is 146 Å². The van der Waals surface area contributed by atoms with Crippen molar-refractivity contribution < 1.29 is 9.59 Å². The van der Waals surface area contributed by atoms with Gasteiger partial charge in [-0.15, -0.1) is 0 Å². The predicted octanol–water partition coefficient (Wildman–Crippen LogP) is 4.10. The van der Waals surface area contributed by atoms with E-state index in [1.165, 1.54) is 0 Å². The van der Waals surface area contributed by atoms with E-state index >= 15 is 0 Å². The molecule has 1 aliphatic heterocycles. The fourth-order valence-corrected chi connectivity index (χ4v) is 3.12. The monoisotopic (exact) mass is 342 g/mol. The third-order valence-corrected chi connectivity index (χ3v) is 4.45. The van der Waals surface area contributed by atoms with Crippen molar-refractivity contribution in [2.24, 2.45) is 0 Å². The van der Waals surface area contributed by atoms with Gasteiger partial charge in [0.1, 0.15) is 6.04 Å². The number of fused-ring (bicyclic) bond motifs is 1. The zero-order valence-electron chi connectivity index (χ0n) is 13.5. The first-order valence-electron chi connectivity index (χ1n) is 8.05. The van der Waals surface area contributed by atoms with Crippen molar-refractivity contribution in [3.05, 3.63) is 64.7 Å². The van der Waals surface area contributed by atoms with Crippen molar-refractivity contribution in [2.45, 2.75) is 32.4 Å². The molecule has 0 bridgehead atoms. The SMILES string of the molecule is CCC[C@H](C(=O)Nc1ccc(Cl)cc1)N1Cc2ccccc2C1=O. The van der Waals surface area contributed by atoms with Crippen LogP contribution in [0.3, 0.4) is 0 Å². The molecule has 0 radical (unpaired) electrons. The van der Waals surface area contributed by atoms with Gasteiger partial charge in [0.25, 0.3) is 5.91 Å². The molecule has 2 aromatic carbocycles. The van der Waals surface area contributed by atoms with Crippen LogP contribution in [0.25, 0.3) is 0 Å². The Morgan fingerprint density at radius 2 is 1.92 bits per heavy atom. The Hall–Kier alpha value is -2.33. The van der Waals surface area contributed by atoms with Crippen LogP contribution in [0.15, 0.2) is 48.5 Å². The molecule has 0 aliphatic carbocycles. The summed E-state index contributed by atoms with van der Waals surface area (Å²) in [6.07, 6.45) is 1.44. The topological polar surface area (TPSA) is 49.4 Å². The zero-order valence-corrected chi connectivity index (χ0v) is 14.2. The molecule has 1 N–H and O–H groups in total. The number of carbonyl (C=O) groups is 2. The lowest BCUT2D eigenvalue weighted by Gasteiger charge is -2.26. The number of benzene rings is 2. The van der Waals surface area contributed by atoms with Gasteiger partial charge in [0, 0.05) is 22.8 Å². The summed E-state index contributed by atoms with van der Waals surface area (Å²) in [4.78, 5) is 27.0. The van der Waals surface area contributed by atoms with Crippen molar-refractivity contribution >= 4 is 29.1 Å². The van der Waals surface area contributed by atoms with Gasteiger partial charge in [-0.05, 0) is 42.3 Å². The van der Waals surface area contributed by atoms with E-state index in [-0.39, 0.29) is 11.8 Å². The normalized spacial score (nSPS) is 14.4. The summed E-state index contributed by atoms with van der Waals surface area (Å²) < 4.78 is 0. The summed E-state index contributed by atoms with van der Waals surface area (Å²) in [5, 5.41) is 3.50. The Morgan fingerprint density at radius 1 is 1.21 bits per heavy atom. The average Bonchev–Trinajstić information content (AvgIpc) is 2.92. The van der Waals surface area contributed by atoms with Gasteiger partial charge < -0.3 is 10.2 Å². The molecule has 1 atom stereocenters. The van der Waals surface area contributed by atoms with Gasteiger partial charge in [-0.25, -0.2) is 0 Å². The lowest BCUT2D eigenvalue weighted by molar-refractivity contribution is -0.120. The van der Waals surface area contributed by atoms with E-state index in [1.54, 1.807) is 29.2 Å². The van der Waals surface area contributed by atoms with Crippen LogP contribution in [0, 0.1) is 0 Å². The fraction of sp³-hybridized carbons (Fsp3) is 0.263. The maximum absolute atomic E-state index is 12.7. The molecule has 0 saturated carbocycles. The van der Waals surface area contributed by atoms with Crippen molar-refractivity contribution in [1.82, 2.24) is 4.90 Å². The summed E-state index contributed by atoms with van der Waals surface area (Å²) >= 11 is 5.87. The molecular formula is C19H19ClN2O2. The minimum atomic E-state index is -0.481. The minimum Gasteiger partial charge on any atom is -0.324 e. The second kappa shape index (κ2) is 7.05. The van der Waals surface area contributed by atoms with Gasteiger partial charge in [0.15, 0.2) is 0 Å². The lowest BCUT2D eigenvalue weighted by Crippen LogP contribution is -2.44. The molecule has 0 aromatic heterocycles. The number of rotatable bonds is 5. The molecule has 5 heteroatoms. The van der Waals surface area contributed by atoms with Gasteiger partial charge in [-0.1, -0.05) is 43.1 Å². The highest BCUT2D eigenvalue weighted by Gasteiger charge is 2.35. The number of hydrogen-bond donors (Lipinski definition) is 1. The summed E-state index contributed by atoms with van der Waals surface area (Å²) in [6.45, 7) is 2.49. The van der Waals surface area contributed by atoms with Crippen LogP contribution in [-0.2, 0) is 11.3 Å². The highest BCUT2D eigenvalue weighted by molar-refractivity contribution is 6.30. The largest absolute Gasteiger partial charge is 0.324 e. The number of anilines is 1. The first-order chi connectivity index (χ1) is 11.6. The molecule has 0 fully saturated rings.